The fourth-order valence-corrected chi connectivity index (χ4v) is 3.54. The van der Waals surface area contributed by atoms with Gasteiger partial charge in [0.2, 0.25) is 0 Å². The van der Waals surface area contributed by atoms with Gasteiger partial charge in [0.25, 0.3) is 0 Å². The Labute approximate surface area is 159 Å². The Hall–Kier alpha value is -2.61. The molecule has 0 saturated carbocycles. The molecule has 1 aromatic rings. The van der Waals surface area contributed by atoms with Crippen molar-refractivity contribution in [2.24, 2.45) is 5.73 Å². The van der Waals surface area contributed by atoms with Crippen LogP contribution >= 0.6 is 0 Å². The highest BCUT2D eigenvalue weighted by Gasteiger charge is 2.47. The van der Waals surface area contributed by atoms with Gasteiger partial charge in [-0.3, -0.25) is 15.1 Å². The molecule has 2 fully saturated rings. The molecule has 8 nitrogen and oxygen atoms in total. The number of hydrogen-bond donors (Lipinski definition) is 3. The summed E-state index contributed by atoms with van der Waals surface area (Å²) in [4.78, 5) is 26.8. The van der Waals surface area contributed by atoms with Gasteiger partial charge in [0.1, 0.15) is 11.4 Å². The van der Waals surface area contributed by atoms with E-state index in [1.807, 2.05) is 0 Å². The van der Waals surface area contributed by atoms with Crippen molar-refractivity contribution < 1.29 is 19.4 Å². The van der Waals surface area contributed by atoms with Gasteiger partial charge in [-0.2, -0.15) is 0 Å². The van der Waals surface area contributed by atoms with Crippen molar-refractivity contribution in [3.8, 4) is 0 Å². The molecule has 0 aliphatic carbocycles. The van der Waals surface area contributed by atoms with Gasteiger partial charge >= 0.3 is 12.1 Å². The standard InChI is InChI=1S/C18H24N4O4.CH4/c19-16(20)13-3-5-14(6-4-13)22-12-18(26-17(22)25)7-10-21(11-8-18)9-1-2-15(23)24;/h3-6H,1-2,7-12H2,(H3,19,20)(H,23,24);1H4. The number of nitrogens with zero attached hydrogens (tertiary/aromatic N) is 2. The number of nitrogens with two attached hydrogens (primary N) is 1. The summed E-state index contributed by atoms with van der Waals surface area (Å²) in [6, 6.07) is 7.00. The first-order valence-electron chi connectivity index (χ1n) is 8.78. The molecule has 27 heavy (non-hydrogen) atoms. The van der Waals surface area contributed by atoms with E-state index in [0.29, 0.717) is 18.5 Å². The molecule has 2 heterocycles. The maximum Gasteiger partial charge on any atom is 0.415 e. The second-order valence-corrected chi connectivity index (χ2v) is 6.94. The number of rotatable bonds is 6. The SMILES string of the molecule is C.N=C(N)c1ccc(N2CC3(CCN(CCCC(=O)O)CC3)OC2=O)cc1. The first-order chi connectivity index (χ1) is 12.4. The zero-order valence-corrected chi connectivity index (χ0v) is 14.6. The number of carbonyl (C=O) groups is 2. The molecular formula is C19H28N4O4. The summed E-state index contributed by atoms with van der Waals surface area (Å²) in [6.07, 6.45) is 1.96. The Morgan fingerprint density at radius 2 is 1.89 bits per heavy atom. The van der Waals surface area contributed by atoms with Crippen LogP contribution in [0.1, 0.15) is 38.7 Å². The number of amidine groups is 1. The Balaban J connectivity index is 0.00000261. The molecule has 0 atom stereocenters. The molecule has 2 aliphatic rings. The topological polar surface area (TPSA) is 120 Å². The third-order valence-electron chi connectivity index (χ3n) is 5.09. The lowest BCUT2D eigenvalue weighted by atomic mass is 9.91. The molecule has 3 rings (SSSR count). The van der Waals surface area contributed by atoms with Crippen LogP contribution in [0.25, 0.3) is 0 Å². The third kappa shape index (κ3) is 4.77. The first-order valence-corrected chi connectivity index (χ1v) is 8.78. The summed E-state index contributed by atoms with van der Waals surface area (Å²) < 4.78 is 5.72. The summed E-state index contributed by atoms with van der Waals surface area (Å²) in [6.45, 7) is 2.86. The Morgan fingerprint density at radius 1 is 1.26 bits per heavy atom. The van der Waals surface area contributed by atoms with E-state index in [4.69, 9.17) is 21.0 Å². The number of aliphatic carboxylic acids is 1. The summed E-state index contributed by atoms with van der Waals surface area (Å²) in [5, 5.41) is 16.2. The lowest BCUT2D eigenvalue weighted by molar-refractivity contribution is -0.137. The Morgan fingerprint density at radius 3 is 2.44 bits per heavy atom. The summed E-state index contributed by atoms with van der Waals surface area (Å²) in [5.41, 5.74) is 6.34. The lowest BCUT2D eigenvalue weighted by Gasteiger charge is -2.37. The van der Waals surface area contributed by atoms with Crippen molar-refractivity contribution in [2.45, 2.75) is 38.7 Å². The smallest absolute Gasteiger partial charge is 0.415 e. The molecule has 1 amide bonds. The van der Waals surface area contributed by atoms with Crippen molar-refractivity contribution in [3.63, 3.8) is 0 Å². The normalized spacial score (nSPS) is 18.8. The van der Waals surface area contributed by atoms with Gasteiger partial charge in [-0.1, -0.05) is 7.43 Å². The fourth-order valence-electron chi connectivity index (χ4n) is 3.54. The van der Waals surface area contributed by atoms with E-state index in [-0.39, 0.29) is 25.8 Å². The molecule has 0 unspecified atom stereocenters. The van der Waals surface area contributed by atoms with E-state index in [1.165, 1.54) is 0 Å². The summed E-state index contributed by atoms with van der Waals surface area (Å²) in [5.74, 6) is -0.776. The highest BCUT2D eigenvalue weighted by Crippen LogP contribution is 2.35. The number of nitrogens with one attached hydrogen (secondary N) is 1. The number of likely N-dealkylation sites (tertiary alicyclic amines) is 1. The van der Waals surface area contributed by atoms with E-state index in [0.717, 1.165) is 38.2 Å². The molecule has 0 bridgehead atoms. The number of carboxylic acid groups (broad SMARTS) is 1. The minimum absolute atomic E-state index is 0. The fraction of sp³-hybridized carbons (Fsp3) is 0.526. The predicted octanol–water partition coefficient (Wildman–Crippen LogP) is 2.26. The van der Waals surface area contributed by atoms with Gasteiger partial charge in [-0.15, -0.1) is 0 Å². The highest BCUT2D eigenvalue weighted by atomic mass is 16.6. The van der Waals surface area contributed by atoms with Gasteiger partial charge < -0.3 is 20.5 Å². The van der Waals surface area contributed by atoms with Crippen molar-refractivity contribution in [3.05, 3.63) is 29.8 Å². The number of ether oxygens (including phenoxy) is 1. The van der Waals surface area contributed by atoms with Crippen LogP contribution in [0.4, 0.5) is 10.5 Å². The van der Waals surface area contributed by atoms with Gasteiger partial charge in [0.15, 0.2) is 0 Å². The molecule has 1 spiro atoms. The van der Waals surface area contributed by atoms with Crippen LogP contribution in [0.5, 0.6) is 0 Å². The second kappa shape index (κ2) is 8.39. The lowest BCUT2D eigenvalue weighted by Crippen LogP contribution is -2.47. The molecule has 1 aromatic carbocycles. The van der Waals surface area contributed by atoms with Gasteiger partial charge in [-0.25, -0.2) is 4.79 Å². The Kier molecular flexibility index (Phi) is 6.43. The van der Waals surface area contributed by atoms with E-state index < -0.39 is 11.6 Å². The Bertz CT molecular complexity index is 696. The molecule has 148 valence electrons. The monoisotopic (exact) mass is 376 g/mol. The molecule has 2 aliphatic heterocycles. The largest absolute Gasteiger partial charge is 0.481 e. The number of anilines is 1. The number of benzene rings is 1. The van der Waals surface area contributed by atoms with Crippen LogP contribution in [0.2, 0.25) is 0 Å². The minimum Gasteiger partial charge on any atom is -0.481 e. The van der Waals surface area contributed by atoms with E-state index in [1.54, 1.807) is 29.2 Å². The van der Waals surface area contributed by atoms with Crippen LogP contribution in [0, 0.1) is 5.41 Å². The van der Waals surface area contributed by atoms with E-state index in [9.17, 15) is 9.59 Å². The molecule has 4 N–H and O–H groups in total. The van der Waals surface area contributed by atoms with E-state index >= 15 is 0 Å². The molecule has 8 heteroatoms. The predicted molar refractivity (Wildman–Crippen MR) is 103 cm³/mol. The number of carbonyl (C=O) groups excluding carboxylic acids is 1. The van der Waals surface area contributed by atoms with Crippen LogP contribution in [-0.4, -0.2) is 59.7 Å². The molecular weight excluding hydrogens is 348 g/mol. The molecule has 0 aromatic heterocycles. The number of amides is 1. The van der Waals surface area contributed by atoms with Crippen LogP contribution in [0.15, 0.2) is 24.3 Å². The maximum absolute atomic E-state index is 12.4. The van der Waals surface area contributed by atoms with Crippen molar-refractivity contribution in [1.29, 1.82) is 5.41 Å². The first kappa shape index (κ1) is 20.7. The van der Waals surface area contributed by atoms with Crippen molar-refractivity contribution in [2.75, 3.05) is 31.1 Å². The minimum atomic E-state index is -0.769. The van der Waals surface area contributed by atoms with Crippen LogP contribution < -0.4 is 10.6 Å². The number of nitrogen functional groups attached to an aromatic ring is 1. The average molecular weight is 376 g/mol. The van der Waals surface area contributed by atoms with Gasteiger partial charge in [-0.05, 0) is 37.2 Å². The van der Waals surface area contributed by atoms with Crippen molar-refractivity contribution in [1.82, 2.24) is 4.90 Å². The highest BCUT2D eigenvalue weighted by molar-refractivity contribution is 5.96. The summed E-state index contributed by atoms with van der Waals surface area (Å²) >= 11 is 0. The molecule has 0 radical (unpaired) electrons. The summed E-state index contributed by atoms with van der Waals surface area (Å²) in [7, 11) is 0. The van der Waals surface area contributed by atoms with Crippen molar-refractivity contribution >= 4 is 23.6 Å². The molecule has 2 saturated heterocycles. The maximum atomic E-state index is 12.4. The van der Waals surface area contributed by atoms with E-state index in [2.05, 4.69) is 4.90 Å². The van der Waals surface area contributed by atoms with Gasteiger partial charge in [0.05, 0.1) is 6.54 Å². The van der Waals surface area contributed by atoms with Gasteiger partial charge in [0, 0.05) is 43.6 Å². The number of carboxylic acids is 1. The number of piperidine rings is 1. The zero-order valence-electron chi connectivity index (χ0n) is 14.6. The van der Waals surface area contributed by atoms with Crippen LogP contribution in [-0.2, 0) is 9.53 Å². The quantitative estimate of drug-likeness (QED) is 0.517. The average Bonchev–Trinajstić information content (AvgIpc) is 2.93. The van der Waals surface area contributed by atoms with Crippen LogP contribution in [0.3, 0.4) is 0 Å². The number of hydrogen-bond acceptors (Lipinski definition) is 5. The third-order valence-corrected chi connectivity index (χ3v) is 5.09. The second-order valence-electron chi connectivity index (χ2n) is 6.94. The zero-order chi connectivity index (χ0) is 18.7.